The second-order valence-corrected chi connectivity index (χ2v) is 7.84. The summed E-state index contributed by atoms with van der Waals surface area (Å²) in [6.45, 7) is 3.25. The van der Waals surface area contributed by atoms with Gasteiger partial charge in [-0.3, -0.25) is 4.99 Å². The predicted octanol–water partition coefficient (Wildman–Crippen LogP) is 3.40. The van der Waals surface area contributed by atoms with Crippen LogP contribution in [0.1, 0.15) is 38.5 Å². The molecular weight excluding hydrogens is 378 g/mol. The van der Waals surface area contributed by atoms with Crippen molar-refractivity contribution in [2.45, 2.75) is 51.3 Å². The molecule has 0 bridgehead atoms. The molecule has 2 atom stereocenters. The second kappa shape index (κ2) is 8.09. The first-order valence-electron chi connectivity index (χ1n) is 9.82. The fraction of sp³-hybridized carbons (Fsp3) is 0.550. The van der Waals surface area contributed by atoms with Crippen molar-refractivity contribution in [2.75, 3.05) is 13.7 Å². The van der Waals surface area contributed by atoms with Gasteiger partial charge in [-0.15, -0.1) is 0 Å². The molecule has 2 aliphatic carbocycles. The molecule has 150 valence electrons. The summed E-state index contributed by atoms with van der Waals surface area (Å²) in [6, 6.07) is 7.75. The number of rotatable bonds is 6. The van der Waals surface area contributed by atoms with Gasteiger partial charge in [0.25, 0.3) is 0 Å². The number of hydrogen-bond acceptors (Lipinski definition) is 5. The Labute approximate surface area is 169 Å². The maximum atomic E-state index is 5.92. The van der Waals surface area contributed by atoms with Gasteiger partial charge in [0, 0.05) is 35.7 Å². The third-order valence-corrected chi connectivity index (χ3v) is 6.20. The lowest BCUT2D eigenvalue weighted by Crippen LogP contribution is -2.68. The van der Waals surface area contributed by atoms with E-state index in [9.17, 15) is 0 Å². The third-order valence-electron chi connectivity index (χ3n) is 5.95. The Balaban J connectivity index is 1.32. The first kappa shape index (κ1) is 19.2. The number of ether oxygens (including phenoxy) is 1. The van der Waals surface area contributed by atoms with Gasteiger partial charge in [-0.25, -0.2) is 0 Å². The van der Waals surface area contributed by atoms with Crippen LogP contribution in [-0.2, 0) is 11.3 Å². The summed E-state index contributed by atoms with van der Waals surface area (Å²) in [6.07, 6.45) is 5.12. The number of hydrogen-bond donors (Lipinski definition) is 2. The van der Waals surface area contributed by atoms with Gasteiger partial charge in [0.2, 0.25) is 11.7 Å². The molecule has 1 heterocycles. The summed E-state index contributed by atoms with van der Waals surface area (Å²) >= 11 is 5.92. The molecule has 0 aliphatic heterocycles. The van der Waals surface area contributed by atoms with Crippen molar-refractivity contribution in [3.63, 3.8) is 0 Å². The predicted molar refractivity (Wildman–Crippen MR) is 108 cm³/mol. The van der Waals surface area contributed by atoms with Crippen LogP contribution < -0.4 is 10.6 Å². The summed E-state index contributed by atoms with van der Waals surface area (Å²) in [7, 11) is 1.77. The fourth-order valence-electron chi connectivity index (χ4n) is 4.20. The summed E-state index contributed by atoms with van der Waals surface area (Å²) in [4.78, 5) is 8.78. The average Bonchev–Trinajstić information content (AvgIpc) is 3.11. The second-order valence-electron chi connectivity index (χ2n) is 7.41. The van der Waals surface area contributed by atoms with E-state index in [1.165, 1.54) is 19.3 Å². The van der Waals surface area contributed by atoms with Crippen molar-refractivity contribution in [3.8, 4) is 11.4 Å². The minimum atomic E-state index is 0.278. The summed E-state index contributed by atoms with van der Waals surface area (Å²) in [5.41, 5.74) is 1.14. The molecule has 1 spiro atoms. The topological polar surface area (TPSA) is 84.6 Å². The van der Waals surface area contributed by atoms with Crippen LogP contribution in [0, 0.1) is 5.41 Å². The van der Waals surface area contributed by atoms with E-state index in [0.29, 0.717) is 35.4 Å². The van der Waals surface area contributed by atoms with Crippen molar-refractivity contribution in [3.05, 3.63) is 35.2 Å². The molecule has 2 aliphatic rings. The zero-order valence-corrected chi connectivity index (χ0v) is 17.0. The molecule has 7 nitrogen and oxygen atoms in total. The van der Waals surface area contributed by atoms with Gasteiger partial charge in [0.15, 0.2) is 5.96 Å². The minimum absolute atomic E-state index is 0.278. The van der Waals surface area contributed by atoms with Gasteiger partial charge in [-0.05, 0) is 50.5 Å². The zero-order chi connectivity index (χ0) is 19.6. The number of guanidine groups is 1. The van der Waals surface area contributed by atoms with Crippen LogP contribution in [0.2, 0.25) is 5.02 Å². The number of aromatic nitrogens is 2. The Morgan fingerprint density at radius 3 is 2.79 bits per heavy atom. The van der Waals surface area contributed by atoms with Gasteiger partial charge >= 0.3 is 0 Å². The first-order valence-corrected chi connectivity index (χ1v) is 10.2. The van der Waals surface area contributed by atoms with E-state index in [4.69, 9.17) is 20.9 Å². The monoisotopic (exact) mass is 403 g/mol. The number of aliphatic imine (C=N–C) groups is 1. The highest BCUT2D eigenvalue weighted by atomic mass is 35.5. The molecule has 1 aromatic carbocycles. The highest BCUT2D eigenvalue weighted by Gasteiger charge is 2.59. The Morgan fingerprint density at radius 2 is 2.14 bits per heavy atom. The Bertz CT molecular complexity index is 831. The van der Waals surface area contributed by atoms with Crippen molar-refractivity contribution < 1.29 is 9.26 Å². The SMILES string of the molecule is CCOC1CC(NC(=NC)NCc2nc(-c3ccc(Cl)cc3)no2)C12CCC2. The number of nitrogens with zero attached hydrogens (tertiary/aromatic N) is 3. The number of halogens is 1. The zero-order valence-electron chi connectivity index (χ0n) is 16.2. The summed E-state index contributed by atoms with van der Waals surface area (Å²) in [5, 5.41) is 11.5. The van der Waals surface area contributed by atoms with Crippen LogP contribution in [-0.4, -0.2) is 41.9 Å². The molecule has 2 unspecified atom stereocenters. The average molecular weight is 404 g/mol. The minimum Gasteiger partial charge on any atom is -0.378 e. The summed E-state index contributed by atoms with van der Waals surface area (Å²) < 4.78 is 11.3. The van der Waals surface area contributed by atoms with Crippen LogP contribution >= 0.6 is 11.6 Å². The molecule has 2 N–H and O–H groups in total. The van der Waals surface area contributed by atoms with E-state index >= 15 is 0 Å². The normalized spacial score (nSPS) is 23.2. The lowest BCUT2D eigenvalue weighted by molar-refractivity contribution is -0.168. The Hall–Kier alpha value is -2.12. The molecule has 8 heteroatoms. The van der Waals surface area contributed by atoms with Crippen molar-refractivity contribution in [1.29, 1.82) is 0 Å². The van der Waals surface area contributed by atoms with E-state index < -0.39 is 0 Å². The van der Waals surface area contributed by atoms with E-state index in [1.807, 2.05) is 12.1 Å². The molecular formula is C20H26ClN5O2. The Morgan fingerprint density at radius 1 is 1.36 bits per heavy atom. The van der Waals surface area contributed by atoms with Crippen LogP contribution in [0.25, 0.3) is 11.4 Å². The maximum absolute atomic E-state index is 5.92. The van der Waals surface area contributed by atoms with E-state index in [0.717, 1.165) is 24.6 Å². The Kier molecular flexibility index (Phi) is 5.55. The molecule has 2 saturated carbocycles. The van der Waals surface area contributed by atoms with Crippen molar-refractivity contribution >= 4 is 17.6 Å². The van der Waals surface area contributed by atoms with Gasteiger partial charge in [0.05, 0.1) is 12.6 Å². The van der Waals surface area contributed by atoms with Gasteiger partial charge in [-0.2, -0.15) is 4.98 Å². The largest absolute Gasteiger partial charge is 0.378 e. The fourth-order valence-corrected chi connectivity index (χ4v) is 4.33. The molecule has 28 heavy (non-hydrogen) atoms. The molecule has 2 aromatic rings. The smallest absolute Gasteiger partial charge is 0.246 e. The quantitative estimate of drug-likeness (QED) is 0.568. The van der Waals surface area contributed by atoms with Crippen LogP contribution in [0.4, 0.5) is 0 Å². The van der Waals surface area contributed by atoms with Crippen LogP contribution in [0.15, 0.2) is 33.8 Å². The highest BCUT2D eigenvalue weighted by Crippen LogP contribution is 2.57. The van der Waals surface area contributed by atoms with E-state index in [2.05, 4.69) is 32.7 Å². The molecule has 4 rings (SSSR count). The number of benzene rings is 1. The number of nitrogens with one attached hydrogen (secondary N) is 2. The molecule has 0 saturated heterocycles. The van der Waals surface area contributed by atoms with Gasteiger partial charge in [0.1, 0.15) is 0 Å². The maximum Gasteiger partial charge on any atom is 0.246 e. The van der Waals surface area contributed by atoms with E-state index in [-0.39, 0.29) is 5.41 Å². The van der Waals surface area contributed by atoms with E-state index in [1.54, 1.807) is 19.2 Å². The van der Waals surface area contributed by atoms with Crippen LogP contribution in [0.5, 0.6) is 0 Å². The molecule has 1 aromatic heterocycles. The van der Waals surface area contributed by atoms with Crippen molar-refractivity contribution in [1.82, 2.24) is 20.8 Å². The lowest BCUT2D eigenvalue weighted by atomic mass is 9.51. The first-order chi connectivity index (χ1) is 13.6. The third kappa shape index (κ3) is 3.61. The van der Waals surface area contributed by atoms with Gasteiger partial charge in [-0.1, -0.05) is 23.2 Å². The standard InChI is InChI=1S/C20H26ClN5O2/c1-3-27-16-11-15(20(16)9-4-10-20)24-19(22-2)23-12-17-25-18(26-28-17)13-5-7-14(21)8-6-13/h5-8,15-16H,3-4,9-12H2,1-2H3,(H2,22,23,24). The highest BCUT2D eigenvalue weighted by molar-refractivity contribution is 6.30. The molecule has 2 fully saturated rings. The summed E-state index contributed by atoms with van der Waals surface area (Å²) in [5.74, 6) is 1.80. The molecule has 0 amide bonds. The lowest BCUT2D eigenvalue weighted by Gasteiger charge is -2.61. The van der Waals surface area contributed by atoms with Crippen LogP contribution in [0.3, 0.4) is 0 Å². The molecule has 0 radical (unpaired) electrons. The van der Waals surface area contributed by atoms with Crippen molar-refractivity contribution in [2.24, 2.45) is 10.4 Å². The van der Waals surface area contributed by atoms with Gasteiger partial charge < -0.3 is 19.9 Å².